The summed E-state index contributed by atoms with van der Waals surface area (Å²) < 4.78 is 0. The van der Waals surface area contributed by atoms with Gasteiger partial charge in [-0.25, -0.2) is 0 Å². The van der Waals surface area contributed by atoms with E-state index in [1.165, 1.54) is 11.6 Å². The Bertz CT molecular complexity index is 1260. The van der Waals surface area contributed by atoms with Crippen LogP contribution in [0.4, 0.5) is 0 Å². The lowest BCUT2D eigenvalue weighted by Gasteiger charge is -2.07. The molecule has 4 heteroatoms. The van der Waals surface area contributed by atoms with Crippen LogP contribution in [0.2, 0.25) is 0 Å². The summed E-state index contributed by atoms with van der Waals surface area (Å²) in [5, 5.41) is 5.83. The second-order valence-corrected chi connectivity index (χ2v) is 8.23. The summed E-state index contributed by atoms with van der Waals surface area (Å²) >= 11 is 0. The Morgan fingerprint density at radius 3 is 1.94 bits per heavy atom. The summed E-state index contributed by atoms with van der Waals surface area (Å²) in [6, 6.07) is 35.6. The van der Waals surface area contributed by atoms with Gasteiger partial charge in [0.15, 0.2) is 0 Å². The maximum Gasteiger partial charge on any atom is 0.251 e. The van der Waals surface area contributed by atoms with Crippen molar-refractivity contribution >= 4 is 17.9 Å². The summed E-state index contributed by atoms with van der Waals surface area (Å²) in [7, 11) is 0. The molecule has 0 unspecified atom stereocenters. The highest BCUT2D eigenvalue weighted by atomic mass is 16.2. The zero-order chi connectivity index (χ0) is 24.3. The second kappa shape index (κ2) is 12.1. The minimum Gasteiger partial charge on any atom is -0.352 e. The first kappa shape index (κ1) is 23.7. The van der Waals surface area contributed by atoms with Crippen LogP contribution in [0.15, 0.2) is 115 Å². The van der Waals surface area contributed by atoms with E-state index in [9.17, 15) is 9.59 Å². The molecule has 4 aromatic carbocycles. The molecule has 0 saturated heterocycles. The van der Waals surface area contributed by atoms with Crippen molar-refractivity contribution in [2.24, 2.45) is 0 Å². The Morgan fingerprint density at radius 2 is 1.26 bits per heavy atom. The van der Waals surface area contributed by atoms with E-state index in [4.69, 9.17) is 0 Å². The molecular weight excluding hydrogens is 432 g/mol. The number of amides is 2. The first-order valence-corrected chi connectivity index (χ1v) is 11.7. The molecule has 0 atom stereocenters. The minimum atomic E-state index is -0.167. The van der Waals surface area contributed by atoms with Gasteiger partial charge >= 0.3 is 0 Å². The Hall–Kier alpha value is -4.44. The Balaban J connectivity index is 1.21. The van der Waals surface area contributed by atoms with Crippen molar-refractivity contribution in [3.63, 3.8) is 0 Å². The van der Waals surface area contributed by atoms with Crippen molar-refractivity contribution in [2.45, 2.75) is 13.0 Å². The monoisotopic (exact) mass is 460 g/mol. The summed E-state index contributed by atoms with van der Waals surface area (Å²) in [6.45, 7) is 0.980. The van der Waals surface area contributed by atoms with Gasteiger partial charge in [-0.2, -0.15) is 0 Å². The van der Waals surface area contributed by atoms with Gasteiger partial charge in [-0.3, -0.25) is 9.59 Å². The largest absolute Gasteiger partial charge is 0.352 e. The van der Waals surface area contributed by atoms with Gasteiger partial charge in [0, 0.05) is 24.7 Å². The van der Waals surface area contributed by atoms with Gasteiger partial charge in [0.05, 0.1) is 0 Å². The van der Waals surface area contributed by atoms with Gasteiger partial charge in [-0.05, 0) is 52.4 Å². The average molecular weight is 461 g/mol. The fourth-order valence-electron chi connectivity index (χ4n) is 3.68. The predicted molar refractivity (Wildman–Crippen MR) is 142 cm³/mol. The zero-order valence-corrected chi connectivity index (χ0v) is 19.5. The van der Waals surface area contributed by atoms with Gasteiger partial charge < -0.3 is 10.6 Å². The van der Waals surface area contributed by atoms with Crippen LogP contribution in [0, 0.1) is 0 Å². The van der Waals surface area contributed by atoms with Crippen molar-refractivity contribution in [2.75, 3.05) is 6.54 Å². The molecule has 4 rings (SSSR count). The molecule has 4 nitrogen and oxygen atoms in total. The highest BCUT2D eigenvalue weighted by Crippen LogP contribution is 2.19. The van der Waals surface area contributed by atoms with E-state index >= 15 is 0 Å². The lowest BCUT2D eigenvalue weighted by Crippen LogP contribution is -2.25. The molecule has 0 aliphatic carbocycles. The molecule has 0 aliphatic heterocycles. The summed E-state index contributed by atoms with van der Waals surface area (Å²) in [5.41, 5.74) is 5.99. The van der Waals surface area contributed by atoms with E-state index in [2.05, 4.69) is 22.8 Å². The van der Waals surface area contributed by atoms with E-state index < -0.39 is 0 Å². The van der Waals surface area contributed by atoms with E-state index in [0.29, 0.717) is 18.7 Å². The summed E-state index contributed by atoms with van der Waals surface area (Å²) in [5.74, 6) is -0.266. The van der Waals surface area contributed by atoms with Crippen LogP contribution >= 0.6 is 0 Å². The molecule has 174 valence electrons. The fourth-order valence-corrected chi connectivity index (χ4v) is 3.68. The van der Waals surface area contributed by atoms with Crippen LogP contribution in [-0.2, 0) is 17.8 Å². The highest BCUT2D eigenvalue weighted by Gasteiger charge is 2.05. The lowest BCUT2D eigenvalue weighted by atomic mass is 10.0. The third-order valence-corrected chi connectivity index (χ3v) is 5.67. The zero-order valence-electron chi connectivity index (χ0n) is 19.5. The molecule has 0 aromatic heterocycles. The van der Waals surface area contributed by atoms with E-state index in [1.807, 2.05) is 84.9 Å². The quantitative estimate of drug-likeness (QED) is 0.317. The maximum atomic E-state index is 12.3. The molecule has 2 amide bonds. The third-order valence-electron chi connectivity index (χ3n) is 5.67. The van der Waals surface area contributed by atoms with Crippen molar-refractivity contribution in [1.82, 2.24) is 10.6 Å². The molecule has 4 aromatic rings. The number of hydrogen-bond donors (Lipinski definition) is 2. The summed E-state index contributed by atoms with van der Waals surface area (Å²) in [6.07, 6.45) is 4.13. The first-order chi connectivity index (χ1) is 17.2. The highest BCUT2D eigenvalue weighted by molar-refractivity contribution is 5.94. The van der Waals surface area contributed by atoms with E-state index in [-0.39, 0.29) is 11.8 Å². The van der Waals surface area contributed by atoms with Crippen LogP contribution in [0.25, 0.3) is 17.2 Å². The molecule has 0 saturated carbocycles. The van der Waals surface area contributed by atoms with Crippen LogP contribution in [0.3, 0.4) is 0 Å². The van der Waals surface area contributed by atoms with Crippen LogP contribution in [0.5, 0.6) is 0 Å². The third kappa shape index (κ3) is 7.27. The van der Waals surface area contributed by atoms with E-state index in [0.717, 1.165) is 28.7 Å². The van der Waals surface area contributed by atoms with Gasteiger partial charge in [-0.1, -0.05) is 97.1 Å². The first-order valence-electron chi connectivity index (χ1n) is 11.7. The molecular formula is C31H28N2O2. The lowest BCUT2D eigenvalue weighted by molar-refractivity contribution is -0.116. The van der Waals surface area contributed by atoms with Crippen molar-refractivity contribution < 1.29 is 9.59 Å². The van der Waals surface area contributed by atoms with Gasteiger partial charge in [0.2, 0.25) is 5.91 Å². The minimum absolute atomic E-state index is 0.0993. The van der Waals surface area contributed by atoms with E-state index in [1.54, 1.807) is 18.2 Å². The van der Waals surface area contributed by atoms with Crippen LogP contribution in [-0.4, -0.2) is 18.4 Å². The van der Waals surface area contributed by atoms with Gasteiger partial charge in [-0.15, -0.1) is 0 Å². The average Bonchev–Trinajstić information content (AvgIpc) is 2.92. The molecule has 2 N–H and O–H groups in total. The predicted octanol–water partition coefficient (Wildman–Crippen LogP) is 5.66. The molecule has 0 bridgehead atoms. The standard InChI is InChI=1S/C31H28N2O2/c34-30(20-15-25-11-16-28(17-12-25)27-9-5-2-6-10-27)33-23-26-13-18-29(19-14-26)31(35)32-22-21-24-7-3-1-4-8-24/h1-20H,21-23H2,(H,32,35)(H,33,34)/b20-15+. The molecule has 0 spiro atoms. The number of benzene rings is 4. The maximum absolute atomic E-state index is 12.3. The van der Waals surface area contributed by atoms with Crippen molar-refractivity contribution in [1.29, 1.82) is 0 Å². The number of nitrogens with one attached hydrogen (secondary N) is 2. The molecule has 0 aliphatic rings. The normalized spacial score (nSPS) is 10.7. The Morgan fingerprint density at radius 1 is 0.629 bits per heavy atom. The van der Waals surface area contributed by atoms with Crippen molar-refractivity contribution in [3.8, 4) is 11.1 Å². The smallest absolute Gasteiger partial charge is 0.251 e. The number of rotatable bonds is 9. The van der Waals surface area contributed by atoms with Crippen LogP contribution in [0.1, 0.15) is 27.0 Å². The van der Waals surface area contributed by atoms with Crippen molar-refractivity contribution in [3.05, 3.63) is 138 Å². The fraction of sp³-hybridized carbons (Fsp3) is 0.0968. The summed E-state index contributed by atoms with van der Waals surface area (Å²) in [4.78, 5) is 24.6. The number of hydrogen-bond acceptors (Lipinski definition) is 2. The Kier molecular flexibility index (Phi) is 8.23. The number of carbonyl (C=O) groups is 2. The SMILES string of the molecule is O=C(/C=C/c1ccc(-c2ccccc2)cc1)NCc1ccc(C(=O)NCCc2ccccc2)cc1. The topological polar surface area (TPSA) is 58.2 Å². The second-order valence-electron chi connectivity index (χ2n) is 8.23. The van der Waals surface area contributed by atoms with Gasteiger partial charge in [0.1, 0.15) is 0 Å². The number of carbonyl (C=O) groups excluding carboxylic acids is 2. The molecule has 0 radical (unpaired) electrons. The van der Waals surface area contributed by atoms with Crippen LogP contribution < -0.4 is 10.6 Å². The molecule has 35 heavy (non-hydrogen) atoms. The Labute approximate surface area is 206 Å². The molecule has 0 fully saturated rings. The molecule has 0 heterocycles. The van der Waals surface area contributed by atoms with Gasteiger partial charge in [0.25, 0.3) is 5.91 Å².